The van der Waals surface area contributed by atoms with E-state index in [9.17, 15) is 4.79 Å². The second-order valence-electron chi connectivity index (χ2n) is 5.89. The van der Waals surface area contributed by atoms with E-state index in [1.807, 2.05) is 11.9 Å². The molecule has 1 amide bonds. The molecule has 0 radical (unpaired) electrons. The van der Waals surface area contributed by atoms with Gasteiger partial charge < -0.3 is 15.0 Å². The topological polar surface area (TPSA) is 41.6 Å². The Bertz CT molecular complexity index is 269. The van der Waals surface area contributed by atoms with Crippen LogP contribution in [-0.4, -0.2) is 50.2 Å². The van der Waals surface area contributed by atoms with Crippen molar-refractivity contribution in [3.8, 4) is 0 Å². The van der Waals surface area contributed by atoms with Gasteiger partial charge in [0.25, 0.3) is 0 Å². The number of hydrogen-bond acceptors (Lipinski definition) is 3. The highest BCUT2D eigenvalue weighted by atomic mass is 16.5. The second-order valence-corrected chi connectivity index (χ2v) is 5.89. The summed E-state index contributed by atoms with van der Waals surface area (Å²) < 4.78 is 5.47. The van der Waals surface area contributed by atoms with Gasteiger partial charge in [0.15, 0.2) is 0 Å². The molecule has 0 aromatic heterocycles. The first-order valence-corrected chi connectivity index (χ1v) is 7.23. The van der Waals surface area contributed by atoms with E-state index in [1.165, 1.54) is 6.42 Å². The molecule has 4 heteroatoms. The Morgan fingerprint density at radius 3 is 2.83 bits per heavy atom. The van der Waals surface area contributed by atoms with Crippen LogP contribution in [0.5, 0.6) is 0 Å². The zero-order chi connectivity index (χ0) is 13.0. The molecule has 1 N–H and O–H groups in total. The molecule has 0 aliphatic carbocycles. The first-order valence-electron chi connectivity index (χ1n) is 7.23. The summed E-state index contributed by atoms with van der Waals surface area (Å²) in [6.45, 7) is 5.58. The van der Waals surface area contributed by atoms with Crippen LogP contribution in [0.3, 0.4) is 0 Å². The first kappa shape index (κ1) is 13.8. The van der Waals surface area contributed by atoms with Crippen LogP contribution < -0.4 is 5.32 Å². The fraction of sp³-hybridized carbons (Fsp3) is 0.929. The summed E-state index contributed by atoms with van der Waals surface area (Å²) in [6.07, 6.45) is 4.46. The minimum absolute atomic E-state index is 0.177. The lowest BCUT2D eigenvalue weighted by molar-refractivity contribution is -0.136. The van der Waals surface area contributed by atoms with E-state index >= 15 is 0 Å². The summed E-state index contributed by atoms with van der Waals surface area (Å²) in [5.41, 5.74) is 0. The van der Waals surface area contributed by atoms with Gasteiger partial charge >= 0.3 is 0 Å². The molecule has 2 saturated heterocycles. The Balaban J connectivity index is 1.77. The fourth-order valence-corrected chi connectivity index (χ4v) is 2.95. The Morgan fingerprint density at radius 2 is 2.22 bits per heavy atom. The lowest BCUT2D eigenvalue weighted by atomic mass is 9.93. The predicted octanol–water partition coefficient (Wildman–Crippen LogP) is 1.26. The third kappa shape index (κ3) is 3.69. The largest absolute Gasteiger partial charge is 0.381 e. The summed E-state index contributed by atoms with van der Waals surface area (Å²) in [5.74, 6) is 1.01. The highest BCUT2D eigenvalue weighted by molar-refractivity contribution is 5.78. The molecule has 2 aliphatic rings. The summed E-state index contributed by atoms with van der Waals surface area (Å²) in [4.78, 5) is 14.2. The summed E-state index contributed by atoms with van der Waals surface area (Å²) in [5, 5.41) is 3.40. The quantitative estimate of drug-likeness (QED) is 0.824. The Hall–Kier alpha value is -0.610. The van der Waals surface area contributed by atoms with Gasteiger partial charge in [-0.05, 0) is 38.5 Å². The van der Waals surface area contributed by atoms with Gasteiger partial charge in [0.2, 0.25) is 5.91 Å². The number of rotatable bonds is 3. The zero-order valence-electron chi connectivity index (χ0n) is 11.7. The molecule has 4 nitrogen and oxygen atoms in total. The molecule has 0 aromatic carbocycles. The number of nitrogens with one attached hydrogen (secondary N) is 1. The van der Waals surface area contributed by atoms with Crippen LogP contribution in [0.15, 0.2) is 0 Å². The van der Waals surface area contributed by atoms with Crippen molar-refractivity contribution in [2.45, 2.75) is 38.6 Å². The lowest BCUT2D eigenvalue weighted by Gasteiger charge is -2.32. The van der Waals surface area contributed by atoms with Crippen LogP contribution in [-0.2, 0) is 9.53 Å². The highest BCUT2D eigenvalue weighted by Gasteiger charge is 2.27. The number of hydrogen-bond donors (Lipinski definition) is 1. The molecule has 0 aromatic rings. The molecule has 2 heterocycles. The third-order valence-corrected chi connectivity index (χ3v) is 4.17. The smallest absolute Gasteiger partial charge is 0.226 e. The maximum atomic E-state index is 12.3. The van der Waals surface area contributed by atoms with Gasteiger partial charge in [-0.2, -0.15) is 0 Å². The van der Waals surface area contributed by atoms with Crippen molar-refractivity contribution in [1.29, 1.82) is 0 Å². The van der Waals surface area contributed by atoms with Crippen molar-refractivity contribution in [1.82, 2.24) is 10.2 Å². The van der Waals surface area contributed by atoms with E-state index < -0.39 is 0 Å². The van der Waals surface area contributed by atoms with Crippen molar-refractivity contribution >= 4 is 5.91 Å². The third-order valence-electron chi connectivity index (χ3n) is 4.17. The van der Waals surface area contributed by atoms with Gasteiger partial charge in [-0.1, -0.05) is 0 Å². The molecule has 2 rings (SSSR count). The number of amides is 1. The SMILES string of the molecule is CC1CCC(C(=O)N(C)CC2CCCOC2)CN1. The number of carbonyl (C=O) groups excluding carboxylic acids is 1. The average Bonchev–Trinajstić information content (AvgIpc) is 2.40. The molecule has 0 spiro atoms. The van der Waals surface area contributed by atoms with Gasteiger partial charge in [0.05, 0.1) is 12.5 Å². The zero-order valence-corrected chi connectivity index (χ0v) is 11.7. The van der Waals surface area contributed by atoms with Crippen LogP contribution in [0, 0.1) is 11.8 Å². The number of ether oxygens (including phenoxy) is 1. The standard InChI is InChI=1S/C14H26N2O2/c1-11-5-6-13(8-15-11)14(17)16(2)9-12-4-3-7-18-10-12/h11-13,15H,3-10H2,1-2H3. The van der Waals surface area contributed by atoms with Crippen molar-refractivity contribution < 1.29 is 9.53 Å². The van der Waals surface area contributed by atoms with Gasteiger partial charge in [-0.3, -0.25) is 4.79 Å². The number of nitrogens with zero attached hydrogens (tertiary/aromatic N) is 1. The van der Waals surface area contributed by atoms with Crippen LogP contribution in [0.1, 0.15) is 32.6 Å². The second kappa shape index (κ2) is 6.53. The lowest BCUT2D eigenvalue weighted by Crippen LogP contribution is -2.46. The van der Waals surface area contributed by atoms with Crippen molar-refractivity contribution in [2.24, 2.45) is 11.8 Å². The monoisotopic (exact) mass is 254 g/mol. The summed E-state index contributed by atoms with van der Waals surface area (Å²) >= 11 is 0. The van der Waals surface area contributed by atoms with Crippen LogP contribution in [0.2, 0.25) is 0 Å². The molecule has 3 atom stereocenters. The van der Waals surface area contributed by atoms with Gasteiger partial charge in [0.1, 0.15) is 0 Å². The van der Waals surface area contributed by atoms with E-state index in [0.29, 0.717) is 17.9 Å². The van der Waals surface area contributed by atoms with Gasteiger partial charge in [-0.25, -0.2) is 0 Å². The molecular formula is C14H26N2O2. The molecule has 0 saturated carbocycles. The predicted molar refractivity (Wildman–Crippen MR) is 71.4 cm³/mol. The number of piperidine rings is 1. The minimum Gasteiger partial charge on any atom is -0.381 e. The molecule has 18 heavy (non-hydrogen) atoms. The Kier molecular flexibility index (Phi) is 5.01. The van der Waals surface area contributed by atoms with Crippen molar-refractivity contribution in [2.75, 3.05) is 33.4 Å². The molecule has 2 aliphatic heterocycles. The van der Waals surface area contributed by atoms with E-state index in [4.69, 9.17) is 4.74 Å². The molecule has 104 valence electrons. The maximum absolute atomic E-state index is 12.3. The van der Waals surface area contributed by atoms with Crippen LogP contribution in [0.4, 0.5) is 0 Å². The molecular weight excluding hydrogens is 228 g/mol. The normalized spacial score (nSPS) is 33.1. The Morgan fingerprint density at radius 1 is 1.39 bits per heavy atom. The minimum atomic E-state index is 0.177. The fourth-order valence-electron chi connectivity index (χ4n) is 2.95. The van der Waals surface area contributed by atoms with Crippen LogP contribution >= 0.6 is 0 Å². The molecule has 0 bridgehead atoms. The molecule has 3 unspecified atom stereocenters. The van der Waals surface area contributed by atoms with Crippen LogP contribution in [0.25, 0.3) is 0 Å². The van der Waals surface area contributed by atoms with E-state index in [0.717, 1.165) is 45.6 Å². The van der Waals surface area contributed by atoms with Crippen molar-refractivity contribution in [3.63, 3.8) is 0 Å². The van der Waals surface area contributed by atoms with Crippen molar-refractivity contribution in [3.05, 3.63) is 0 Å². The highest BCUT2D eigenvalue weighted by Crippen LogP contribution is 2.19. The first-order chi connectivity index (χ1) is 8.66. The summed E-state index contributed by atoms with van der Waals surface area (Å²) in [6, 6.07) is 0.561. The Labute approximate surface area is 110 Å². The number of carbonyl (C=O) groups is 1. The van der Waals surface area contributed by atoms with E-state index in [2.05, 4.69) is 12.2 Å². The van der Waals surface area contributed by atoms with Gasteiger partial charge in [-0.15, -0.1) is 0 Å². The summed E-state index contributed by atoms with van der Waals surface area (Å²) in [7, 11) is 1.94. The van der Waals surface area contributed by atoms with E-state index in [-0.39, 0.29) is 5.92 Å². The van der Waals surface area contributed by atoms with Gasteiger partial charge in [0, 0.05) is 32.8 Å². The molecule has 2 fully saturated rings. The van der Waals surface area contributed by atoms with E-state index in [1.54, 1.807) is 0 Å². The maximum Gasteiger partial charge on any atom is 0.226 e. The average molecular weight is 254 g/mol.